The zero-order valence-corrected chi connectivity index (χ0v) is 50.1. The number of ketones is 1. The van der Waals surface area contributed by atoms with E-state index in [4.69, 9.17) is 18.9 Å². The van der Waals surface area contributed by atoms with E-state index in [-0.39, 0.29) is 57.2 Å². The van der Waals surface area contributed by atoms with Crippen LogP contribution in [0.2, 0.25) is 0 Å². The quantitative estimate of drug-likeness (QED) is 0.116. The molecule has 1 spiro atoms. The third-order valence-corrected chi connectivity index (χ3v) is 16.2. The molecule has 0 saturated carbocycles. The summed E-state index contributed by atoms with van der Waals surface area (Å²) in [5.41, 5.74) is -1.37. The number of methoxy groups -OCH3 is 1. The Labute approximate surface area is 473 Å². The highest BCUT2D eigenvalue weighted by Gasteiger charge is 2.58. The van der Waals surface area contributed by atoms with Gasteiger partial charge in [-0.3, -0.25) is 48.2 Å². The molecule has 4 N–H and O–H groups in total. The molecule has 0 radical (unpaired) electrons. The number of Topliss-reactive ketones (excluding diaryl/α,β-unsaturated/α-hetero) is 1. The van der Waals surface area contributed by atoms with Crippen LogP contribution in [0.1, 0.15) is 153 Å². The zero-order valence-electron chi connectivity index (χ0n) is 50.1. The number of hydrogen-bond acceptors (Lipinski definition) is 15. The van der Waals surface area contributed by atoms with Crippen LogP contribution in [-0.2, 0) is 59.0 Å². The Kier molecular flexibility index (Phi) is 22.5. The largest absolute Gasteiger partial charge is 0.497 e. The fourth-order valence-electron chi connectivity index (χ4n) is 11.5. The van der Waals surface area contributed by atoms with Gasteiger partial charge < -0.3 is 49.8 Å². The van der Waals surface area contributed by atoms with Gasteiger partial charge in [-0.25, -0.2) is 4.79 Å². The molecule has 4 saturated heterocycles. The summed E-state index contributed by atoms with van der Waals surface area (Å²) in [6.45, 7) is 23.2. The highest BCUT2D eigenvalue weighted by atomic mass is 16.6. The number of hydrogen-bond donors (Lipinski definition) is 4. The van der Waals surface area contributed by atoms with Crippen molar-refractivity contribution in [3.05, 3.63) is 29.8 Å². The van der Waals surface area contributed by atoms with Gasteiger partial charge in [0.25, 0.3) is 0 Å². The Morgan fingerprint density at radius 2 is 1.54 bits per heavy atom. The van der Waals surface area contributed by atoms with Crippen LogP contribution in [-0.4, -0.2) is 178 Å². The average Bonchev–Trinajstić information content (AvgIpc) is 4.14. The van der Waals surface area contributed by atoms with Crippen LogP contribution in [0.5, 0.6) is 5.75 Å². The van der Waals surface area contributed by atoms with Crippen LogP contribution in [0, 0.1) is 29.6 Å². The number of nitrogens with zero attached hydrogens (tertiary/aromatic N) is 4. The lowest BCUT2D eigenvalue weighted by Gasteiger charge is -2.39. The number of carbonyl (C=O) groups is 9. The number of carbonyl (C=O) groups excluding carboxylic acids is 9. The van der Waals surface area contributed by atoms with Gasteiger partial charge in [0.2, 0.25) is 29.5 Å². The molecule has 1 unspecified atom stereocenters. The Hall–Kier alpha value is -5.83. The molecule has 5 rings (SSSR count). The molecule has 80 heavy (non-hydrogen) atoms. The lowest BCUT2D eigenvalue weighted by molar-refractivity contribution is -0.163. The molecule has 0 bridgehead atoms. The van der Waals surface area contributed by atoms with Crippen molar-refractivity contribution in [2.75, 3.05) is 33.8 Å². The smallest absolute Gasteiger partial charge is 0.411 e. The predicted octanol–water partition coefficient (Wildman–Crippen LogP) is 4.92. The van der Waals surface area contributed by atoms with Crippen LogP contribution in [0.3, 0.4) is 0 Å². The first-order valence-electron chi connectivity index (χ1n) is 28.9. The second kappa shape index (κ2) is 27.8. The third-order valence-electron chi connectivity index (χ3n) is 16.2. The second-order valence-corrected chi connectivity index (χ2v) is 24.8. The van der Waals surface area contributed by atoms with E-state index in [1.165, 1.54) is 30.8 Å². The van der Waals surface area contributed by atoms with Crippen molar-refractivity contribution in [2.45, 2.75) is 220 Å². The van der Waals surface area contributed by atoms with Gasteiger partial charge in [-0.15, -0.1) is 0 Å². The molecule has 4 aliphatic rings. The molecule has 4 fully saturated rings. The van der Waals surface area contributed by atoms with Gasteiger partial charge >= 0.3 is 18.0 Å². The van der Waals surface area contributed by atoms with Crippen molar-refractivity contribution in [3.63, 3.8) is 0 Å². The minimum atomic E-state index is -1.66. The summed E-state index contributed by atoms with van der Waals surface area (Å²) in [4.78, 5) is 137. The monoisotopic (exact) mass is 1120 g/mol. The summed E-state index contributed by atoms with van der Waals surface area (Å²) < 4.78 is 23.3. The van der Waals surface area contributed by atoms with Gasteiger partial charge in [0.1, 0.15) is 47.2 Å². The summed E-state index contributed by atoms with van der Waals surface area (Å²) in [6, 6.07) is 0.929. The first-order valence-corrected chi connectivity index (χ1v) is 28.9. The molecule has 448 valence electrons. The van der Waals surface area contributed by atoms with E-state index in [9.17, 15) is 33.9 Å². The van der Waals surface area contributed by atoms with Crippen molar-refractivity contribution >= 4 is 53.4 Å². The molecular weight excluding hydrogens is 1030 g/mol. The number of amides is 6. The van der Waals surface area contributed by atoms with Crippen molar-refractivity contribution in [1.29, 1.82) is 0 Å². The van der Waals surface area contributed by atoms with E-state index in [1.54, 1.807) is 82.7 Å². The molecule has 21 nitrogen and oxygen atoms in total. The molecule has 0 aliphatic carbocycles. The first kappa shape index (κ1) is 65.0. The fourth-order valence-corrected chi connectivity index (χ4v) is 11.5. The van der Waals surface area contributed by atoms with E-state index in [1.807, 2.05) is 34.6 Å². The molecular formula is C59H93N7O14. The van der Waals surface area contributed by atoms with Crippen LogP contribution < -0.4 is 20.7 Å². The highest BCUT2D eigenvalue weighted by molar-refractivity contribution is 6.05. The number of cyclic esters (lactones) is 2. The Bertz CT molecular complexity index is 2370. The topological polar surface area (TPSA) is 260 Å². The Morgan fingerprint density at radius 1 is 0.875 bits per heavy atom. The van der Waals surface area contributed by atoms with Crippen LogP contribution in [0.15, 0.2) is 24.3 Å². The third kappa shape index (κ3) is 15.8. The van der Waals surface area contributed by atoms with Crippen LogP contribution in [0.4, 0.5) is 4.79 Å². The minimum Gasteiger partial charge on any atom is -0.497 e. The number of likely N-dealkylation sites (N-methyl/N-ethyl adjacent to an activating group) is 1. The first-order chi connectivity index (χ1) is 37.4. The maximum atomic E-state index is 15.2. The number of esters is 2. The number of ether oxygens (including phenoxy) is 4. The molecule has 12 atom stereocenters. The van der Waals surface area contributed by atoms with Crippen molar-refractivity contribution in [1.82, 2.24) is 35.6 Å². The van der Waals surface area contributed by atoms with Gasteiger partial charge in [-0.05, 0) is 134 Å². The molecule has 4 heterocycles. The fraction of sp³-hybridized carbons (Fsp3) is 0.746. The van der Waals surface area contributed by atoms with Crippen molar-refractivity contribution < 1.29 is 67.2 Å². The lowest BCUT2D eigenvalue weighted by atomic mass is 9.91. The van der Waals surface area contributed by atoms with E-state index in [2.05, 4.69) is 16.0 Å². The standard InChI is InChI=1S/C59H93N7O14/c1-16-36(8)47-44(67)32-46(68)79-50(35(6)7)49(69)37(9)51(70)60-41(29-33(2)3)54(73)65-26-17-19-45(65)63(14)43(31-39-20-22-40(77-15)23-21-39)55(74)78-38(10)48(53(72)61-47)62-52(71)42(30-34(4)5)64-28-25-59(56(64)75)24-18-27-66(59)57(76)80-58(11,12)13/h20-23,33-38,41-45,47-48,50,67H,16-19,24-32H2,1-15H3,(H,60,70)(H,61,72)(H,62,71)/t36-,37-,38+,41-,42+,43-,44-,45-,47+,48-,50-,59?/m0/s1. The number of rotatable bonds is 13. The summed E-state index contributed by atoms with van der Waals surface area (Å²) >= 11 is 0. The number of nitrogens with one attached hydrogen (secondary N) is 3. The maximum Gasteiger partial charge on any atom is 0.411 e. The second-order valence-electron chi connectivity index (χ2n) is 24.8. The molecule has 4 aliphatic heterocycles. The normalized spacial score (nSPS) is 29.2. The molecule has 21 heteroatoms. The zero-order chi connectivity index (χ0) is 59.7. The summed E-state index contributed by atoms with van der Waals surface area (Å²) in [7, 11) is 3.24. The SMILES string of the molecule is CC[C@H](C)[C@H]1NC(=O)[C@@H](NC(=O)[C@@H](CC(C)C)N2CCC3(CCCN3C(=O)OC(C)(C)C)C2=O)[C@@H](C)OC(=O)[C@H](Cc2ccc(OC)cc2)N(C)[C@@H]2CCCN2C(=O)[C@H](CC(C)C)NC(=O)[C@@H](C)C(=O)[C@H](C(C)C)OC(=O)C[C@@H]1O. The van der Waals surface area contributed by atoms with Crippen molar-refractivity contribution in [2.24, 2.45) is 29.6 Å². The molecule has 6 amide bonds. The van der Waals surface area contributed by atoms with Gasteiger partial charge in [0.15, 0.2) is 11.9 Å². The lowest BCUT2D eigenvalue weighted by Crippen LogP contribution is -2.62. The van der Waals surface area contributed by atoms with E-state index in [0.717, 1.165) is 0 Å². The number of fused-ring (bicyclic) bond motifs is 1. The maximum absolute atomic E-state index is 15.2. The summed E-state index contributed by atoms with van der Waals surface area (Å²) in [6.07, 6.45) is -3.49. The number of aliphatic hydroxyl groups excluding tert-OH is 1. The van der Waals surface area contributed by atoms with E-state index >= 15 is 14.4 Å². The van der Waals surface area contributed by atoms with Crippen LogP contribution in [0.25, 0.3) is 0 Å². The Balaban J connectivity index is 1.62. The predicted molar refractivity (Wildman–Crippen MR) is 297 cm³/mol. The highest BCUT2D eigenvalue weighted by Crippen LogP contribution is 2.41. The molecule has 1 aromatic carbocycles. The Morgan fingerprint density at radius 3 is 2.12 bits per heavy atom. The molecule has 0 aromatic heterocycles. The summed E-state index contributed by atoms with van der Waals surface area (Å²) in [5.74, 6) is -7.79. The van der Waals surface area contributed by atoms with Gasteiger partial charge in [0.05, 0.1) is 37.8 Å². The van der Waals surface area contributed by atoms with E-state index < -0.39 is 143 Å². The number of benzene rings is 1. The summed E-state index contributed by atoms with van der Waals surface area (Å²) in [5, 5.41) is 20.5. The number of likely N-dealkylation sites (tertiary alicyclic amines) is 2. The van der Waals surface area contributed by atoms with E-state index in [0.29, 0.717) is 43.4 Å². The number of aliphatic hydroxyl groups is 1. The van der Waals surface area contributed by atoms with Crippen LogP contribution >= 0.6 is 0 Å². The van der Waals surface area contributed by atoms with Gasteiger partial charge in [0, 0.05) is 19.6 Å². The van der Waals surface area contributed by atoms with Gasteiger partial charge in [-0.1, -0.05) is 73.9 Å². The molecule has 1 aromatic rings. The minimum absolute atomic E-state index is 0.0601. The average molecular weight is 1120 g/mol. The van der Waals surface area contributed by atoms with Gasteiger partial charge in [-0.2, -0.15) is 0 Å². The van der Waals surface area contributed by atoms with Crippen molar-refractivity contribution in [3.8, 4) is 5.75 Å².